The fourth-order valence-electron chi connectivity index (χ4n) is 1.61. The van der Waals surface area contributed by atoms with E-state index in [1.807, 2.05) is 13.8 Å². The van der Waals surface area contributed by atoms with E-state index in [0.29, 0.717) is 5.88 Å². The molecule has 0 saturated heterocycles. The number of terminal acetylenes is 1. The Kier molecular flexibility index (Phi) is 6.14. The van der Waals surface area contributed by atoms with Gasteiger partial charge in [-0.1, -0.05) is 19.8 Å². The molecule has 104 valence electrons. The van der Waals surface area contributed by atoms with Gasteiger partial charge in [0, 0.05) is 13.0 Å². The van der Waals surface area contributed by atoms with E-state index in [1.165, 1.54) is 0 Å². The van der Waals surface area contributed by atoms with Crippen LogP contribution in [0.3, 0.4) is 0 Å². The van der Waals surface area contributed by atoms with Gasteiger partial charge in [0.1, 0.15) is 11.6 Å². The highest BCUT2D eigenvalue weighted by atomic mass is 16.5. The van der Waals surface area contributed by atoms with Crippen molar-refractivity contribution in [3.05, 3.63) is 11.4 Å². The van der Waals surface area contributed by atoms with Crippen LogP contribution in [0.5, 0.6) is 5.88 Å². The summed E-state index contributed by atoms with van der Waals surface area (Å²) in [6.07, 6.45) is 7.94. The van der Waals surface area contributed by atoms with Gasteiger partial charge in [-0.05, 0) is 26.7 Å². The Balaban J connectivity index is 3.05. The van der Waals surface area contributed by atoms with Crippen molar-refractivity contribution < 1.29 is 4.74 Å². The van der Waals surface area contributed by atoms with Crippen molar-refractivity contribution in [2.45, 2.75) is 53.1 Å². The summed E-state index contributed by atoms with van der Waals surface area (Å²) in [5, 5.41) is 3.31. The number of nitrogens with zero attached hydrogens (tertiary/aromatic N) is 2. The molecule has 1 unspecified atom stereocenters. The minimum absolute atomic E-state index is 0.290. The van der Waals surface area contributed by atoms with Gasteiger partial charge in [0.05, 0.1) is 5.56 Å². The summed E-state index contributed by atoms with van der Waals surface area (Å²) in [4.78, 5) is 8.99. The van der Waals surface area contributed by atoms with Crippen molar-refractivity contribution in [1.82, 2.24) is 9.97 Å². The van der Waals surface area contributed by atoms with Crippen LogP contribution in [0, 0.1) is 19.3 Å². The maximum Gasteiger partial charge on any atom is 0.223 e. The molecule has 0 aliphatic rings. The van der Waals surface area contributed by atoms with E-state index in [1.54, 1.807) is 0 Å². The number of nitrogens with one attached hydrogen (secondary N) is 1. The maximum absolute atomic E-state index is 5.67. The highest BCUT2D eigenvalue weighted by Crippen LogP contribution is 2.23. The molecule has 0 spiro atoms. The first-order valence-corrected chi connectivity index (χ1v) is 6.86. The minimum Gasteiger partial charge on any atom is -0.461 e. The summed E-state index contributed by atoms with van der Waals surface area (Å²) in [7, 11) is 0. The topological polar surface area (TPSA) is 47.0 Å². The predicted octanol–water partition coefficient (Wildman–Crippen LogP) is 2.96. The summed E-state index contributed by atoms with van der Waals surface area (Å²) >= 11 is 0. The Morgan fingerprint density at radius 2 is 2.05 bits per heavy atom. The first-order chi connectivity index (χ1) is 9.12. The lowest BCUT2D eigenvalue weighted by Crippen LogP contribution is -2.14. The number of ether oxygens (including phenoxy) is 1. The smallest absolute Gasteiger partial charge is 0.223 e. The molecule has 0 aliphatic carbocycles. The van der Waals surface area contributed by atoms with Gasteiger partial charge in [0.2, 0.25) is 5.88 Å². The van der Waals surface area contributed by atoms with Crippen LogP contribution in [0.1, 0.15) is 45.0 Å². The molecule has 1 aromatic rings. The molecule has 0 saturated carbocycles. The van der Waals surface area contributed by atoms with Crippen molar-refractivity contribution >= 4 is 5.82 Å². The molecule has 0 aliphatic heterocycles. The lowest BCUT2D eigenvalue weighted by molar-refractivity contribution is 0.264. The molecule has 0 amide bonds. The number of rotatable bonds is 7. The first kappa shape index (κ1) is 15.3. The predicted molar refractivity (Wildman–Crippen MR) is 78.5 cm³/mol. The third-order valence-electron chi connectivity index (χ3n) is 2.69. The number of hydrogen-bond acceptors (Lipinski definition) is 4. The molecular formula is C15H23N3O. The molecule has 4 nitrogen and oxygen atoms in total. The molecule has 0 fully saturated rings. The van der Waals surface area contributed by atoms with E-state index in [-0.39, 0.29) is 6.10 Å². The quantitative estimate of drug-likeness (QED) is 0.767. The van der Waals surface area contributed by atoms with E-state index in [9.17, 15) is 0 Å². The van der Waals surface area contributed by atoms with Gasteiger partial charge in [0.25, 0.3) is 0 Å². The second-order valence-electron chi connectivity index (χ2n) is 4.52. The van der Waals surface area contributed by atoms with Crippen molar-refractivity contribution in [3.8, 4) is 18.2 Å². The average molecular weight is 261 g/mol. The Hall–Kier alpha value is -1.76. The van der Waals surface area contributed by atoms with Crippen LogP contribution in [-0.4, -0.2) is 22.6 Å². The number of anilines is 1. The largest absolute Gasteiger partial charge is 0.461 e. The number of aromatic nitrogens is 2. The van der Waals surface area contributed by atoms with Crippen LogP contribution in [0.4, 0.5) is 5.82 Å². The molecule has 0 bridgehead atoms. The highest BCUT2D eigenvalue weighted by molar-refractivity contribution is 5.48. The van der Waals surface area contributed by atoms with Crippen molar-refractivity contribution in [3.63, 3.8) is 0 Å². The van der Waals surface area contributed by atoms with E-state index >= 15 is 0 Å². The van der Waals surface area contributed by atoms with E-state index in [0.717, 1.165) is 43.0 Å². The average Bonchev–Trinajstić information content (AvgIpc) is 2.40. The van der Waals surface area contributed by atoms with Crippen molar-refractivity contribution in [2.24, 2.45) is 0 Å². The second-order valence-corrected chi connectivity index (χ2v) is 4.52. The van der Waals surface area contributed by atoms with Gasteiger partial charge in [-0.2, -0.15) is 4.98 Å². The summed E-state index contributed by atoms with van der Waals surface area (Å²) in [5.41, 5.74) is 0.912. The van der Waals surface area contributed by atoms with Crippen molar-refractivity contribution in [2.75, 3.05) is 11.9 Å². The number of hydrogen-bond donors (Lipinski definition) is 1. The lowest BCUT2D eigenvalue weighted by atomic mass is 10.2. The molecule has 4 heteroatoms. The van der Waals surface area contributed by atoms with Gasteiger partial charge >= 0.3 is 0 Å². The SMILES string of the molecule is C#CC(C)Oc1nc(CCC)nc(NCCC)c1C. The van der Waals surface area contributed by atoms with Gasteiger partial charge in [-0.3, -0.25) is 0 Å². The van der Waals surface area contributed by atoms with Crippen LogP contribution in [0.15, 0.2) is 0 Å². The Labute approximate surface area is 116 Å². The third kappa shape index (κ3) is 4.44. The molecule has 1 rings (SSSR count). The maximum atomic E-state index is 5.67. The van der Waals surface area contributed by atoms with E-state index < -0.39 is 0 Å². The Morgan fingerprint density at radius 1 is 1.32 bits per heavy atom. The zero-order valence-corrected chi connectivity index (χ0v) is 12.3. The molecule has 1 heterocycles. The normalized spacial score (nSPS) is 11.7. The summed E-state index contributed by atoms with van der Waals surface area (Å²) < 4.78 is 5.67. The van der Waals surface area contributed by atoms with E-state index in [2.05, 4.69) is 35.1 Å². The van der Waals surface area contributed by atoms with Gasteiger partial charge < -0.3 is 10.1 Å². The summed E-state index contributed by atoms with van der Waals surface area (Å²) in [6.45, 7) is 8.89. The second kappa shape index (κ2) is 7.63. The fourth-order valence-corrected chi connectivity index (χ4v) is 1.61. The van der Waals surface area contributed by atoms with E-state index in [4.69, 9.17) is 11.2 Å². The summed E-state index contributed by atoms with van der Waals surface area (Å²) in [5.74, 6) is 4.78. The van der Waals surface area contributed by atoms with Crippen molar-refractivity contribution in [1.29, 1.82) is 0 Å². The summed E-state index contributed by atoms with van der Waals surface area (Å²) in [6, 6.07) is 0. The number of aryl methyl sites for hydroxylation is 1. The zero-order chi connectivity index (χ0) is 14.3. The highest BCUT2D eigenvalue weighted by Gasteiger charge is 2.13. The van der Waals surface area contributed by atoms with Crippen LogP contribution >= 0.6 is 0 Å². The molecule has 0 radical (unpaired) electrons. The monoisotopic (exact) mass is 261 g/mol. The van der Waals surface area contributed by atoms with Gasteiger partial charge in [-0.25, -0.2) is 4.98 Å². The third-order valence-corrected chi connectivity index (χ3v) is 2.69. The Morgan fingerprint density at radius 3 is 2.63 bits per heavy atom. The molecule has 1 atom stereocenters. The standard InChI is InChI=1S/C15H23N3O/c1-6-9-13-17-14(16-10-7-2)12(5)15(18-13)19-11(4)8-3/h3,11H,6-7,9-10H2,1-2,4-5H3,(H,16,17,18). The molecule has 19 heavy (non-hydrogen) atoms. The zero-order valence-electron chi connectivity index (χ0n) is 12.3. The molecule has 1 aromatic heterocycles. The van der Waals surface area contributed by atoms with Gasteiger partial charge in [0.15, 0.2) is 6.10 Å². The molecule has 0 aromatic carbocycles. The van der Waals surface area contributed by atoms with Crippen LogP contribution in [-0.2, 0) is 6.42 Å². The van der Waals surface area contributed by atoms with Gasteiger partial charge in [-0.15, -0.1) is 6.42 Å². The van der Waals surface area contributed by atoms with Crippen LogP contribution in [0.2, 0.25) is 0 Å². The molecule has 1 N–H and O–H groups in total. The van der Waals surface area contributed by atoms with Crippen LogP contribution in [0.25, 0.3) is 0 Å². The molecular weight excluding hydrogens is 238 g/mol. The fraction of sp³-hybridized carbons (Fsp3) is 0.600. The Bertz CT molecular complexity index is 451. The van der Waals surface area contributed by atoms with Crippen LogP contribution < -0.4 is 10.1 Å². The first-order valence-electron chi connectivity index (χ1n) is 6.86. The lowest BCUT2D eigenvalue weighted by Gasteiger charge is -2.15. The minimum atomic E-state index is -0.290.